The average molecular weight is 368 g/mol. The molecule has 7 nitrogen and oxygen atoms in total. The third-order valence-electron chi connectivity index (χ3n) is 4.55. The Balaban J connectivity index is 1.96. The van der Waals surface area contributed by atoms with Gasteiger partial charge in [0.2, 0.25) is 0 Å². The average Bonchev–Trinajstić information content (AvgIpc) is 2.95. The van der Waals surface area contributed by atoms with Gasteiger partial charge in [0.25, 0.3) is 0 Å². The number of carboxylic acid groups (broad SMARTS) is 1. The molecular formula is C20H20N2O5. The van der Waals surface area contributed by atoms with E-state index in [0.29, 0.717) is 0 Å². The lowest BCUT2D eigenvalue weighted by molar-refractivity contribution is -0.153. The third-order valence-corrected chi connectivity index (χ3v) is 4.55. The molecule has 2 aromatic carbocycles. The molecular weight excluding hydrogens is 348 g/mol. The second-order valence-corrected chi connectivity index (χ2v) is 6.26. The largest absolute Gasteiger partial charge is 0.480 e. The molecule has 1 heterocycles. The SMILES string of the molecule is COC(=O)[C@H]1[C@H](C(=O)O)N(Cc2ccccc2)C(=O)N1Cc1ccccc1. The maximum atomic E-state index is 13.0. The summed E-state index contributed by atoms with van der Waals surface area (Å²) < 4.78 is 4.81. The molecule has 3 rings (SSSR count). The number of carboxylic acids is 1. The molecule has 0 spiro atoms. The Morgan fingerprint density at radius 3 is 1.74 bits per heavy atom. The number of esters is 1. The highest BCUT2D eigenvalue weighted by Crippen LogP contribution is 2.28. The first-order chi connectivity index (χ1) is 13.0. The zero-order valence-corrected chi connectivity index (χ0v) is 14.8. The lowest BCUT2D eigenvalue weighted by Crippen LogP contribution is -2.48. The minimum absolute atomic E-state index is 0.0927. The van der Waals surface area contributed by atoms with E-state index in [1.807, 2.05) is 48.5 Å². The smallest absolute Gasteiger partial charge is 0.331 e. The number of carbonyl (C=O) groups excluding carboxylic acids is 2. The maximum Gasteiger partial charge on any atom is 0.331 e. The number of carbonyl (C=O) groups is 3. The van der Waals surface area contributed by atoms with Gasteiger partial charge in [-0.15, -0.1) is 0 Å². The van der Waals surface area contributed by atoms with Crippen molar-refractivity contribution in [1.29, 1.82) is 0 Å². The molecule has 0 unspecified atom stereocenters. The van der Waals surface area contributed by atoms with E-state index in [1.165, 1.54) is 16.9 Å². The van der Waals surface area contributed by atoms with E-state index in [4.69, 9.17) is 4.74 Å². The maximum absolute atomic E-state index is 13.0. The van der Waals surface area contributed by atoms with Crippen LogP contribution in [-0.4, -0.2) is 52.1 Å². The number of hydrogen-bond donors (Lipinski definition) is 1. The van der Waals surface area contributed by atoms with Crippen molar-refractivity contribution in [3.8, 4) is 0 Å². The van der Waals surface area contributed by atoms with Crippen LogP contribution in [0.5, 0.6) is 0 Å². The summed E-state index contributed by atoms with van der Waals surface area (Å²) in [5.41, 5.74) is 1.58. The lowest BCUT2D eigenvalue weighted by atomic mass is 10.1. The van der Waals surface area contributed by atoms with Gasteiger partial charge in [-0.2, -0.15) is 0 Å². The molecule has 1 aliphatic rings. The van der Waals surface area contributed by atoms with E-state index in [-0.39, 0.29) is 13.1 Å². The number of ether oxygens (including phenoxy) is 1. The molecule has 1 aliphatic heterocycles. The number of urea groups is 1. The van der Waals surface area contributed by atoms with Crippen LogP contribution in [0.1, 0.15) is 11.1 Å². The van der Waals surface area contributed by atoms with E-state index in [0.717, 1.165) is 11.1 Å². The highest BCUT2D eigenvalue weighted by molar-refractivity contribution is 5.96. The molecule has 0 bridgehead atoms. The van der Waals surface area contributed by atoms with Gasteiger partial charge in [-0.3, -0.25) is 0 Å². The van der Waals surface area contributed by atoms with Crippen molar-refractivity contribution >= 4 is 18.0 Å². The number of benzene rings is 2. The minimum Gasteiger partial charge on any atom is -0.480 e. The van der Waals surface area contributed by atoms with Crippen LogP contribution in [0.25, 0.3) is 0 Å². The molecule has 1 fully saturated rings. The predicted octanol–water partition coefficient (Wildman–Crippen LogP) is 2.12. The van der Waals surface area contributed by atoms with Crippen molar-refractivity contribution in [2.24, 2.45) is 0 Å². The number of amides is 2. The Morgan fingerprint density at radius 2 is 1.33 bits per heavy atom. The third kappa shape index (κ3) is 3.76. The van der Waals surface area contributed by atoms with E-state index < -0.39 is 30.1 Å². The molecule has 0 radical (unpaired) electrons. The van der Waals surface area contributed by atoms with Gasteiger partial charge in [-0.1, -0.05) is 60.7 Å². The minimum atomic E-state index is -1.33. The van der Waals surface area contributed by atoms with E-state index >= 15 is 0 Å². The monoisotopic (exact) mass is 368 g/mol. The molecule has 2 atom stereocenters. The van der Waals surface area contributed by atoms with Crippen LogP contribution in [0.4, 0.5) is 4.79 Å². The Morgan fingerprint density at radius 1 is 0.889 bits per heavy atom. The lowest BCUT2D eigenvalue weighted by Gasteiger charge is -2.23. The molecule has 0 aliphatic carbocycles. The molecule has 2 aromatic rings. The molecule has 140 valence electrons. The Bertz CT molecular complexity index is 825. The summed E-state index contributed by atoms with van der Waals surface area (Å²) in [7, 11) is 1.19. The first kappa shape index (κ1) is 18.4. The van der Waals surface area contributed by atoms with E-state index in [1.54, 1.807) is 12.1 Å². The molecule has 0 saturated carbocycles. The van der Waals surface area contributed by atoms with Gasteiger partial charge in [-0.25, -0.2) is 14.4 Å². The van der Waals surface area contributed by atoms with Crippen molar-refractivity contribution in [3.63, 3.8) is 0 Å². The van der Waals surface area contributed by atoms with Crippen LogP contribution < -0.4 is 0 Å². The van der Waals surface area contributed by atoms with Crippen LogP contribution in [-0.2, 0) is 27.4 Å². The first-order valence-electron chi connectivity index (χ1n) is 8.48. The van der Waals surface area contributed by atoms with Gasteiger partial charge < -0.3 is 19.6 Å². The van der Waals surface area contributed by atoms with Gasteiger partial charge in [-0.05, 0) is 11.1 Å². The summed E-state index contributed by atoms with van der Waals surface area (Å²) in [6.07, 6.45) is 0. The molecule has 27 heavy (non-hydrogen) atoms. The van der Waals surface area contributed by atoms with Gasteiger partial charge in [0.1, 0.15) is 0 Å². The second-order valence-electron chi connectivity index (χ2n) is 6.26. The van der Waals surface area contributed by atoms with E-state index in [2.05, 4.69) is 0 Å². The van der Waals surface area contributed by atoms with Crippen molar-refractivity contribution in [2.45, 2.75) is 25.2 Å². The van der Waals surface area contributed by atoms with Crippen LogP contribution in [0, 0.1) is 0 Å². The zero-order chi connectivity index (χ0) is 19.4. The summed E-state index contributed by atoms with van der Waals surface area (Å²) in [5.74, 6) is -1.99. The van der Waals surface area contributed by atoms with Crippen LogP contribution in [0.15, 0.2) is 60.7 Å². The van der Waals surface area contributed by atoms with Crippen LogP contribution in [0.2, 0.25) is 0 Å². The predicted molar refractivity (Wildman–Crippen MR) is 96.6 cm³/mol. The highest BCUT2D eigenvalue weighted by Gasteiger charge is 2.53. The van der Waals surface area contributed by atoms with Crippen molar-refractivity contribution < 1.29 is 24.2 Å². The fourth-order valence-corrected chi connectivity index (χ4v) is 3.28. The Kier molecular flexibility index (Phi) is 5.40. The summed E-state index contributed by atoms with van der Waals surface area (Å²) in [4.78, 5) is 39.8. The molecule has 1 saturated heterocycles. The van der Waals surface area contributed by atoms with Crippen molar-refractivity contribution in [1.82, 2.24) is 9.80 Å². The normalized spacial score (nSPS) is 19.2. The topological polar surface area (TPSA) is 87.1 Å². The zero-order valence-electron chi connectivity index (χ0n) is 14.8. The summed E-state index contributed by atoms with van der Waals surface area (Å²) in [6, 6.07) is 15.1. The molecule has 2 amide bonds. The van der Waals surface area contributed by atoms with Gasteiger partial charge in [0.15, 0.2) is 12.1 Å². The standard InChI is InChI=1S/C20H20N2O5/c1-27-19(25)17-16(18(23)24)21(12-14-8-4-2-5-9-14)20(26)22(17)13-15-10-6-3-7-11-15/h2-11,16-17H,12-13H2,1H3,(H,23,24)/t16-,17-/m1/s1. The van der Waals surface area contributed by atoms with Crippen LogP contribution >= 0.6 is 0 Å². The summed E-state index contributed by atoms with van der Waals surface area (Å²) >= 11 is 0. The van der Waals surface area contributed by atoms with Crippen molar-refractivity contribution in [2.75, 3.05) is 7.11 Å². The number of aliphatic carboxylic acids is 1. The fourth-order valence-electron chi connectivity index (χ4n) is 3.28. The highest BCUT2D eigenvalue weighted by atomic mass is 16.5. The van der Waals surface area contributed by atoms with Crippen LogP contribution in [0.3, 0.4) is 0 Å². The second kappa shape index (κ2) is 7.90. The van der Waals surface area contributed by atoms with Gasteiger partial charge >= 0.3 is 18.0 Å². The Labute approximate surface area is 156 Å². The van der Waals surface area contributed by atoms with Crippen molar-refractivity contribution in [3.05, 3.63) is 71.8 Å². The molecule has 0 aromatic heterocycles. The summed E-state index contributed by atoms with van der Waals surface area (Å²) in [6.45, 7) is 0.212. The Hall–Kier alpha value is -3.35. The first-order valence-corrected chi connectivity index (χ1v) is 8.48. The van der Waals surface area contributed by atoms with E-state index in [9.17, 15) is 19.5 Å². The number of hydrogen-bond acceptors (Lipinski definition) is 4. The molecule has 7 heteroatoms. The van der Waals surface area contributed by atoms with Gasteiger partial charge in [0, 0.05) is 13.1 Å². The number of rotatable bonds is 6. The quantitative estimate of drug-likeness (QED) is 0.789. The molecule has 1 N–H and O–H groups in total. The number of methoxy groups -OCH3 is 1. The summed E-state index contributed by atoms with van der Waals surface area (Å²) in [5, 5.41) is 9.75. The fraction of sp³-hybridized carbons (Fsp3) is 0.250. The van der Waals surface area contributed by atoms with Gasteiger partial charge in [0.05, 0.1) is 7.11 Å². The number of nitrogens with zero attached hydrogens (tertiary/aromatic N) is 2.